The molecule has 0 bridgehead atoms. The molecule has 3 rings (SSSR count). The number of nitrogens with one attached hydrogen (secondary N) is 2. The number of benzene rings is 1. The normalized spacial score (nSPS) is 15.7. The largest absolute Gasteiger partial charge is 0.484 e. The van der Waals surface area contributed by atoms with Crippen LogP contribution in [0.15, 0.2) is 47.6 Å². The molecule has 1 atom stereocenters. The average Bonchev–Trinajstić information content (AvgIpc) is 3.23. The second-order valence-corrected chi connectivity index (χ2v) is 7.94. The lowest BCUT2D eigenvalue weighted by Gasteiger charge is -2.20. The van der Waals surface area contributed by atoms with Crippen LogP contribution in [0.5, 0.6) is 5.75 Å². The van der Waals surface area contributed by atoms with Gasteiger partial charge in [0.15, 0.2) is 12.6 Å². The van der Waals surface area contributed by atoms with E-state index in [4.69, 9.17) is 16.3 Å². The Morgan fingerprint density at radius 2 is 2.16 bits per heavy atom. The standard InChI is InChI=1S/C22H29ClN6O2.HI/c1-24-22(27-17-9-11-29(14-17)21-19(23)8-5-10-25-21)26-13-16-6-4-7-18(12-16)31-15-20(30)28(2)3;/h4-8,10,12,17H,9,11,13-15H2,1-3H3,(H2,24,26,27);1H. The Balaban J connectivity index is 0.00000363. The minimum absolute atomic E-state index is 0. The zero-order valence-electron chi connectivity index (χ0n) is 18.5. The Labute approximate surface area is 211 Å². The maximum Gasteiger partial charge on any atom is 0.259 e. The van der Waals surface area contributed by atoms with E-state index in [1.165, 1.54) is 4.90 Å². The van der Waals surface area contributed by atoms with Crippen molar-refractivity contribution in [3.05, 3.63) is 53.2 Å². The molecule has 0 aliphatic carbocycles. The molecule has 2 heterocycles. The fourth-order valence-electron chi connectivity index (χ4n) is 3.27. The molecule has 10 heteroatoms. The van der Waals surface area contributed by atoms with Gasteiger partial charge in [-0.05, 0) is 36.2 Å². The maximum atomic E-state index is 11.7. The summed E-state index contributed by atoms with van der Waals surface area (Å²) >= 11 is 6.28. The van der Waals surface area contributed by atoms with Crippen molar-refractivity contribution < 1.29 is 9.53 Å². The van der Waals surface area contributed by atoms with E-state index in [2.05, 4.69) is 25.5 Å². The zero-order chi connectivity index (χ0) is 22.2. The topological polar surface area (TPSA) is 82.1 Å². The summed E-state index contributed by atoms with van der Waals surface area (Å²) in [5.74, 6) is 2.14. The van der Waals surface area contributed by atoms with E-state index in [9.17, 15) is 4.79 Å². The highest BCUT2D eigenvalue weighted by atomic mass is 127. The van der Waals surface area contributed by atoms with Gasteiger partial charge in [0, 0.05) is 53.0 Å². The molecule has 2 N–H and O–H groups in total. The van der Waals surface area contributed by atoms with Crippen LogP contribution in [0, 0.1) is 0 Å². The lowest BCUT2D eigenvalue weighted by Crippen LogP contribution is -2.44. The van der Waals surface area contributed by atoms with Crippen molar-refractivity contribution >= 4 is 53.3 Å². The van der Waals surface area contributed by atoms with E-state index >= 15 is 0 Å². The Kier molecular flexibility index (Phi) is 10.3. The number of carbonyl (C=O) groups excluding carboxylic acids is 1. The van der Waals surface area contributed by atoms with Gasteiger partial charge in [-0.3, -0.25) is 9.79 Å². The fraction of sp³-hybridized carbons (Fsp3) is 0.409. The van der Waals surface area contributed by atoms with Gasteiger partial charge in [-0.2, -0.15) is 0 Å². The molecular weight excluding hydrogens is 543 g/mol. The Morgan fingerprint density at radius 1 is 1.34 bits per heavy atom. The molecule has 1 fully saturated rings. The molecule has 32 heavy (non-hydrogen) atoms. The van der Waals surface area contributed by atoms with Crippen LogP contribution in [0.3, 0.4) is 0 Å². The van der Waals surface area contributed by atoms with Gasteiger partial charge in [-0.1, -0.05) is 23.7 Å². The van der Waals surface area contributed by atoms with Crippen molar-refractivity contribution in [1.29, 1.82) is 0 Å². The second kappa shape index (κ2) is 12.7. The summed E-state index contributed by atoms with van der Waals surface area (Å²) in [6.07, 6.45) is 2.73. The van der Waals surface area contributed by atoms with Crippen LogP contribution in [0.2, 0.25) is 5.02 Å². The number of hydrogen-bond donors (Lipinski definition) is 2. The number of rotatable bonds is 7. The van der Waals surface area contributed by atoms with Gasteiger partial charge in [-0.25, -0.2) is 4.98 Å². The number of amides is 1. The molecule has 0 radical (unpaired) electrons. The number of halogens is 2. The molecule has 0 spiro atoms. The number of aliphatic imine (C=N–C) groups is 1. The van der Waals surface area contributed by atoms with Crippen molar-refractivity contribution in [2.45, 2.75) is 19.0 Å². The SMILES string of the molecule is CN=C(NCc1cccc(OCC(=O)N(C)C)c1)NC1CCN(c2ncccc2Cl)C1.I. The minimum Gasteiger partial charge on any atom is -0.484 e. The van der Waals surface area contributed by atoms with Crippen LogP contribution in [0.1, 0.15) is 12.0 Å². The second-order valence-electron chi connectivity index (χ2n) is 7.53. The number of guanidine groups is 1. The summed E-state index contributed by atoms with van der Waals surface area (Å²) in [6, 6.07) is 11.6. The molecule has 0 saturated carbocycles. The first-order chi connectivity index (χ1) is 15.0. The third-order valence-electron chi connectivity index (χ3n) is 5.01. The Morgan fingerprint density at radius 3 is 2.88 bits per heavy atom. The summed E-state index contributed by atoms with van der Waals surface area (Å²) in [5.41, 5.74) is 1.03. The van der Waals surface area contributed by atoms with Crippen LogP contribution in [-0.2, 0) is 11.3 Å². The molecule has 1 unspecified atom stereocenters. The van der Waals surface area contributed by atoms with Crippen molar-refractivity contribution in [3.8, 4) is 5.75 Å². The molecule has 174 valence electrons. The Hall–Kier alpha value is -2.27. The number of nitrogens with zero attached hydrogens (tertiary/aromatic N) is 4. The lowest BCUT2D eigenvalue weighted by atomic mass is 10.2. The third kappa shape index (κ3) is 7.40. The molecule has 1 saturated heterocycles. The summed E-state index contributed by atoms with van der Waals surface area (Å²) in [7, 11) is 5.17. The molecule has 1 amide bonds. The number of hydrogen-bond acceptors (Lipinski definition) is 5. The van der Waals surface area contributed by atoms with E-state index in [0.717, 1.165) is 36.9 Å². The first kappa shape index (κ1) is 26.0. The van der Waals surface area contributed by atoms with Crippen molar-refractivity contribution in [2.75, 3.05) is 45.7 Å². The Bertz CT molecular complexity index is 927. The number of ether oxygens (including phenoxy) is 1. The molecule has 8 nitrogen and oxygen atoms in total. The highest BCUT2D eigenvalue weighted by Gasteiger charge is 2.25. The molecule has 1 aliphatic heterocycles. The average molecular weight is 573 g/mol. The number of carbonyl (C=O) groups is 1. The van der Waals surface area contributed by atoms with Crippen LogP contribution in [0.25, 0.3) is 0 Å². The van der Waals surface area contributed by atoms with Crippen LogP contribution >= 0.6 is 35.6 Å². The molecule has 1 aromatic carbocycles. The zero-order valence-corrected chi connectivity index (χ0v) is 21.6. The van der Waals surface area contributed by atoms with Crippen LogP contribution in [-0.4, -0.2) is 68.6 Å². The predicted octanol–water partition coefficient (Wildman–Crippen LogP) is 2.76. The molecule has 1 aliphatic rings. The number of aromatic nitrogens is 1. The number of pyridine rings is 1. The van der Waals surface area contributed by atoms with Crippen molar-refractivity contribution in [2.24, 2.45) is 4.99 Å². The highest BCUT2D eigenvalue weighted by Crippen LogP contribution is 2.25. The van der Waals surface area contributed by atoms with Crippen molar-refractivity contribution in [1.82, 2.24) is 20.5 Å². The smallest absolute Gasteiger partial charge is 0.259 e. The van der Waals surface area contributed by atoms with E-state index in [-0.39, 0.29) is 42.5 Å². The van der Waals surface area contributed by atoms with Gasteiger partial charge < -0.3 is 25.2 Å². The summed E-state index contributed by atoms with van der Waals surface area (Å²) in [4.78, 5) is 24.1. The first-order valence-corrected chi connectivity index (χ1v) is 10.6. The van der Waals surface area contributed by atoms with Gasteiger partial charge in [0.25, 0.3) is 5.91 Å². The maximum absolute atomic E-state index is 11.7. The summed E-state index contributed by atoms with van der Waals surface area (Å²) in [6.45, 7) is 2.30. The van der Waals surface area contributed by atoms with E-state index in [1.807, 2.05) is 36.4 Å². The fourth-order valence-corrected chi connectivity index (χ4v) is 3.51. The minimum atomic E-state index is -0.0780. The lowest BCUT2D eigenvalue weighted by molar-refractivity contribution is -0.130. The molecular formula is C22H30ClIN6O2. The van der Waals surface area contributed by atoms with Crippen LogP contribution < -0.4 is 20.3 Å². The van der Waals surface area contributed by atoms with E-state index in [1.54, 1.807) is 27.3 Å². The number of anilines is 1. The third-order valence-corrected chi connectivity index (χ3v) is 5.31. The van der Waals surface area contributed by atoms with Gasteiger partial charge in [0.2, 0.25) is 0 Å². The summed E-state index contributed by atoms with van der Waals surface area (Å²) in [5, 5.41) is 7.47. The van der Waals surface area contributed by atoms with E-state index in [0.29, 0.717) is 17.3 Å². The highest BCUT2D eigenvalue weighted by molar-refractivity contribution is 14.0. The molecule has 1 aromatic heterocycles. The van der Waals surface area contributed by atoms with Gasteiger partial charge in [0.05, 0.1) is 5.02 Å². The molecule has 2 aromatic rings. The van der Waals surface area contributed by atoms with Gasteiger partial charge >= 0.3 is 0 Å². The first-order valence-electron chi connectivity index (χ1n) is 10.2. The number of likely N-dealkylation sites (N-methyl/N-ethyl adjacent to an activating group) is 1. The van der Waals surface area contributed by atoms with Crippen LogP contribution in [0.4, 0.5) is 5.82 Å². The summed E-state index contributed by atoms with van der Waals surface area (Å²) < 4.78 is 5.59. The van der Waals surface area contributed by atoms with E-state index < -0.39 is 0 Å². The van der Waals surface area contributed by atoms with Gasteiger partial charge in [0.1, 0.15) is 11.6 Å². The van der Waals surface area contributed by atoms with Crippen molar-refractivity contribution in [3.63, 3.8) is 0 Å². The van der Waals surface area contributed by atoms with Gasteiger partial charge in [-0.15, -0.1) is 24.0 Å². The predicted molar refractivity (Wildman–Crippen MR) is 139 cm³/mol. The quantitative estimate of drug-likeness (QED) is 0.302. The monoisotopic (exact) mass is 572 g/mol.